The second kappa shape index (κ2) is 6.18. The monoisotopic (exact) mass is 289 g/mol. The minimum absolute atomic E-state index is 0.0409. The fourth-order valence-electron chi connectivity index (χ4n) is 1.61. The van der Waals surface area contributed by atoms with Crippen molar-refractivity contribution in [3.05, 3.63) is 63.9 Å². The molecule has 2 rings (SSSR count). The molecule has 0 spiro atoms. The molecule has 0 aliphatic rings. The van der Waals surface area contributed by atoms with Gasteiger partial charge in [0.25, 0.3) is 0 Å². The van der Waals surface area contributed by atoms with Crippen molar-refractivity contribution in [3.63, 3.8) is 0 Å². The minimum Gasteiger partial charge on any atom is -0.486 e. The van der Waals surface area contributed by atoms with E-state index in [0.717, 1.165) is 5.56 Å². The van der Waals surface area contributed by atoms with E-state index >= 15 is 0 Å². The molecule has 0 fully saturated rings. The summed E-state index contributed by atoms with van der Waals surface area (Å²) in [6, 6.07) is 11.5. The van der Waals surface area contributed by atoms with Gasteiger partial charge in [0.1, 0.15) is 6.61 Å². The number of hydrogen-bond acceptors (Lipinski definition) is 3. The molecule has 0 atom stereocenters. The van der Waals surface area contributed by atoms with Crippen LogP contribution in [-0.4, -0.2) is 6.29 Å². The molecule has 0 saturated carbocycles. The SMILES string of the molecule is N#Cc1ccc(COc2ccc(Cl)c(C=O)c2F)cc1. The topological polar surface area (TPSA) is 50.1 Å². The summed E-state index contributed by atoms with van der Waals surface area (Å²) >= 11 is 5.69. The van der Waals surface area contributed by atoms with Crippen LogP contribution in [0.3, 0.4) is 0 Å². The standard InChI is InChI=1S/C15H9ClFNO2/c16-13-5-6-14(15(17)12(13)8-19)20-9-11-3-1-10(7-18)2-4-11/h1-6,8H,9H2. The van der Waals surface area contributed by atoms with E-state index < -0.39 is 5.82 Å². The van der Waals surface area contributed by atoms with Gasteiger partial charge < -0.3 is 4.74 Å². The van der Waals surface area contributed by atoms with E-state index in [9.17, 15) is 9.18 Å². The third-order valence-electron chi connectivity index (χ3n) is 2.69. The zero-order chi connectivity index (χ0) is 14.5. The number of halogens is 2. The predicted molar refractivity (Wildman–Crippen MR) is 72.3 cm³/mol. The van der Waals surface area contributed by atoms with Gasteiger partial charge in [0.15, 0.2) is 17.9 Å². The van der Waals surface area contributed by atoms with Gasteiger partial charge in [-0.15, -0.1) is 0 Å². The highest BCUT2D eigenvalue weighted by Crippen LogP contribution is 2.26. The third-order valence-corrected chi connectivity index (χ3v) is 3.02. The number of nitrogens with zero attached hydrogens (tertiary/aromatic N) is 1. The van der Waals surface area contributed by atoms with Gasteiger partial charge in [-0.1, -0.05) is 23.7 Å². The van der Waals surface area contributed by atoms with Gasteiger partial charge in [-0.25, -0.2) is 4.39 Å². The summed E-state index contributed by atoms with van der Waals surface area (Å²) in [4.78, 5) is 10.7. The van der Waals surface area contributed by atoms with Crippen molar-refractivity contribution >= 4 is 17.9 Å². The lowest BCUT2D eigenvalue weighted by Gasteiger charge is -2.09. The molecule has 100 valence electrons. The molecular formula is C15H9ClFNO2. The molecule has 0 aliphatic carbocycles. The molecule has 3 nitrogen and oxygen atoms in total. The van der Waals surface area contributed by atoms with Crippen molar-refractivity contribution < 1.29 is 13.9 Å². The van der Waals surface area contributed by atoms with Crippen LogP contribution >= 0.6 is 11.6 Å². The van der Waals surface area contributed by atoms with E-state index in [-0.39, 0.29) is 22.9 Å². The quantitative estimate of drug-likeness (QED) is 0.806. The van der Waals surface area contributed by atoms with Crippen LogP contribution in [0.4, 0.5) is 4.39 Å². The van der Waals surface area contributed by atoms with Crippen LogP contribution in [-0.2, 0) is 6.61 Å². The van der Waals surface area contributed by atoms with Crippen LogP contribution in [0.1, 0.15) is 21.5 Å². The smallest absolute Gasteiger partial charge is 0.177 e. The molecule has 0 heterocycles. The average Bonchev–Trinajstić information content (AvgIpc) is 2.47. The largest absolute Gasteiger partial charge is 0.486 e. The first-order valence-corrected chi connectivity index (χ1v) is 6.08. The molecule has 0 radical (unpaired) electrons. The Kier molecular flexibility index (Phi) is 4.34. The predicted octanol–water partition coefficient (Wildman–Crippen LogP) is 3.74. The van der Waals surface area contributed by atoms with Crippen LogP contribution in [0.25, 0.3) is 0 Å². The van der Waals surface area contributed by atoms with E-state index in [4.69, 9.17) is 21.6 Å². The van der Waals surface area contributed by atoms with Crippen LogP contribution in [0, 0.1) is 17.1 Å². The number of aldehydes is 1. The van der Waals surface area contributed by atoms with E-state index in [2.05, 4.69) is 0 Å². The Labute approximate surface area is 120 Å². The summed E-state index contributed by atoms with van der Waals surface area (Å²) in [5.74, 6) is -0.818. The number of benzene rings is 2. The first kappa shape index (κ1) is 14.0. The lowest BCUT2D eigenvalue weighted by molar-refractivity contribution is 0.111. The molecule has 2 aromatic carbocycles. The molecule has 0 N–H and O–H groups in total. The molecule has 0 aromatic heterocycles. The second-order valence-corrected chi connectivity index (χ2v) is 4.40. The molecule has 0 bridgehead atoms. The van der Waals surface area contributed by atoms with Gasteiger partial charge in [-0.05, 0) is 29.8 Å². The average molecular weight is 290 g/mol. The van der Waals surface area contributed by atoms with Gasteiger partial charge in [0.05, 0.1) is 22.2 Å². The number of ether oxygens (including phenoxy) is 1. The lowest BCUT2D eigenvalue weighted by atomic mass is 10.1. The Hall–Kier alpha value is -2.38. The number of rotatable bonds is 4. The van der Waals surface area contributed by atoms with Crippen LogP contribution in [0.2, 0.25) is 5.02 Å². The molecule has 0 amide bonds. The molecular weight excluding hydrogens is 281 g/mol. The Bertz CT molecular complexity index is 678. The normalized spacial score (nSPS) is 9.85. The summed E-state index contributed by atoms with van der Waals surface area (Å²) in [5, 5.41) is 8.72. The minimum atomic E-state index is -0.777. The van der Waals surface area contributed by atoms with Gasteiger partial charge in [-0.3, -0.25) is 4.79 Å². The van der Waals surface area contributed by atoms with E-state index in [1.54, 1.807) is 24.3 Å². The maximum absolute atomic E-state index is 13.9. The first-order chi connectivity index (χ1) is 9.65. The van der Waals surface area contributed by atoms with Crippen LogP contribution in [0.5, 0.6) is 5.75 Å². The molecule has 0 unspecified atom stereocenters. The van der Waals surface area contributed by atoms with Gasteiger partial charge in [0.2, 0.25) is 0 Å². The van der Waals surface area contributed by atoms with E-state index in [0.29, 0.717) is 11.8 Å². The number of carbonyl (C=O) groups excluding carboxylic acids is 1. The maximum Gasteiger partial charge on any atom is 0.177 e. The second-order valence-electron chi connectivity index (χ2n) is 3.99. The maximum atomic E-state index is 13.9. The van der Waals surface area contributed by atoms with Gasteiger partial charge >= 0.3 is 0 Å². The highest BCUT2D eigenvalue weighted by atomic mass is 35.5. The van der Waals surface area contributed by atoms with Crippen molar-refractivity contribution in [3.8, 4) is 11.8 Å². The first-order valence-electron chi connectivity index (χ1n) is 5.70. The highest BCUT2D eigenvalue weighted by molar-refractivity contribution is 6.33. The summed E-state index contributed by atoms with van der Waals surface area (Å²) < 4.78 is 19.2. The Balaban J connectivity index is 2.15. The van der Waals surface area contributed by atoms with E-state index in [1.165, 1.54) is 12.1 Å². The van der Waals surface area contributed by atoms with Crippen LogP contribution in [0.15, 0.2) is 36.4 Å². The Morgan fingerprint density at radius 2 is 1.95 bits per heavy atom. The fraction of sp³-hybridized carbons (Fsp3) is 0.0667. The molecule has 20 heavy (non-hydrogen) atoms. The zero-order valence-electron chi connectivity index (χ0n) is 10.3. The fourth-order valence-corrected chi connectivity index (χ4v) is 1.80. The Morgan fingerprint density at radius 1 is 1.25 bits per heavy atom. The van der Waals surface area contributed by atoms with Crippen LogP contribution < -0.4 is 4.74 Å². The highest BCUT2D eigenvalue weighted by Gasteiger charge is 2.12. The molecule has 0 saturated heterocycles. The number of nitriles is 1. The van der Waals surface area contributed by atoms with Crippen molar-refractivity contribution in [1.82, 2.24) is 0 Å². The third kappa shape index (κ3) is 2.95. The lowest BCUT2D eigenvalue weighted by Crippen LogP contribution is -2.00. The van der Waals surface area contributed by atoms with Crippen molar-refractivity contribution in [1.29, 1.82) is 5.26 Å². The summed E-state index contributed by atoms with van der Waals surface area (Å²) in [6.07, 6.45) is 0.353. The molecule has 2 aromatic rings. The summed E-state index contributed by atoms with van der Waals surface area (Å²) in [5.41, 5.74) is 1.10. The van der Waals surface area contributed by atoms with Gasteiger partial charge in [-0.2, -0.15) is 5.26 Å². The van der Waals surface area contributed by atoms with Crippen molar-refractivity contribution in [2.24, 2.45) is 0 Å². The number of carbonyl (C=O) groups is 1. The van der Waals surface area contributed by atoms with Crippen molar-refractivity contribution in [2.45, 2.75) is 6.61 Å². The molecule has 0 aliphatic heterocycles. The van der Waals surface area contributed by atoms with E-state index in [1.807, 2.05) is 6.07 Å². The zero-order valence-corrected chi connectivity index (χ0v) is 11.0. The number of hydrogen-bond donors (Lipinski definition) is 0. The summed E-state index contributed by atoms with van der Waals surface area (Å²) in [6.45, 7) is 0.128. The Morgan fingerprint density at radius 3 is 2.55 bits per heavy atom. The molecule has 5 heteroatoms. The van der Waals surface area contributed by atoms with Gasteiger partial charge in [0, 0.05) is 0 Å². The summed E-state index contributed by atoms with van der Waals surface area (Å²) in [7, 11) is 0. The van der Waals surface area contributed by atoms with Crippen molar-refractivity contribution in [2.75, 3.05) is 0 Å².